The molecule has 0 bridgehead atoms. The third-order valence-corrected chi connectivity index (χ3v) is 5.33. The summed E-state index contributed by atoms with van der Waals surface area (Å²) >= 11 is 6.20. The molecule has 0 radical (unpaired) electrons. The maximum Gasteiger partial charge on any atom is 0.407 e. The number of pyridine rings is 1. The third-order valence-electron chi connectivity index (χ3n) is 5.13. The van der Waals surface area contributed by atoms with E-state index >= 15 is 0 Å². The predicted molar refractivity (Wildman–Crippen MR) is 96.8 cm³/mol. The van der Waals surface area contributed by atoms with Crippen molar-refractivity contribution >= 4 is 29.4 Å². The smallest absolute Gasteiger partial charge is 0.407 e. The molecule has 9 nitrogen and oxygen atoms in total. The lowest BCUT2D eigenvalue weighted by atomic mass is 10.1. The van der Waals surface area contributed by atoms with E-state index in [0.717, 1.165) is 0 Å². The minimum atomic E-state index is -0.989. The van der Waals surface area contributed by atoms with Crippen LogP contribution in [0.4, 0.5) is 10.6 Å². The first kappa shape index (κ1) is 18.1. The molecule has 4 heterocycles. The van der Waals surface area contributed by atoms with E-state index in [1.807, 2.05) is 11.8 Å². The zero-order chi connectivity index (χ0) is 19.1. The molecule has 1 aromatic rings. The monoisotopic (exact) mass is 396 g/mol. The topological polar surface area (TPSA) is 95.4 Å². The van der Waals surface area contributed by atoms with E-state index in [9.17, 15) is 14.7 Å². The number of hydrogen-bond donors (Lipinski definition) is 1. The van der Waals surface area contributed by atoms with Crippen LogP contribution >= 0.6 is 11.6 Å². The SMILES string of the molecule is C[C@@H]1CN(c2nc(Cl)cc3c2C(=O)N2CCN(C(=O)O)C[C@@H]2CO3)CCO1. The Kier molecular flexibility index (Phi) is 4.73. The minimum absolute atomic E-state index is 0.0174. The highest BCUT2D eigenvalue weighted by Crippen LogP contribution is 2.35. The van der Waals surface area contributed by atoms with Gasteiger partial charge in [-0.25, -0.2) is 9.78 Å². The van der Waals surface area contributed by atoms with Crippen LogP contribution in [0.5, 0.6) is 5.75 Å². The number of anilines is 1. The standard InChI is InChI=1S/C17H21ClN4O5/c1-10-7-20(4-5-26-10)15-14-12(6-13(18)19-15)27-9-11-8-21(17(24)25)2-3-22(11)16(14)23/h6,10-11H,2-5,7-9H2,1H3,(H,24,25)/t10-,11-/m1/s1. The predicted octanol–water partition coefficient (Wildman–Crippen LogP) is 1.16. The Balaban J connectivity index is 1.70. The largest absolute Gasteiger partial charge is 0.490 e. The van der Waals surface area contributed by atoms with Crippen LogP contribution in [0.2, 0.25) is 5.15 Å². The summed E-state index contributed by atoms with van der Waals surface area (Å²) in [6, 6.07) is 1.21. The number of rotatable bonds is 1. The summed E-state index contributed by atoms with van der Waals surface area (Å²) in [5.41, 5.74) is 0.389. The molecule has 0 spiro atoms. The number of carboxylic acid groups (broad SMARTS) is 1. The number of aromatic nitrogens is 1. The van der Waals surface area contributed by atoms with Gasteiger partial charge in [0.15, 0.2) is 0 Å². The zero-order valence-electron chi connectivity index (χ0n) is 14.9. The Morgan fingerprint density at radius 1 is 1.33 bits per heavy atom. The van der Waals surface area contributed by atoms with E-state index in [1.165, 1.54) is 4.90 Å². The Labute approximate surface area is 161 Å². The summed E-state index contributed by atoms with van der Waals surface area (Å²) < 4.78 is 11.5. The van der Waals surface area contributed by atoms with Gasteiger partial charge in [-0.3, -0.25) is 4.79 Å². The number of ether oxygens (including phenoxy) is 2. The lowest BCUT2D eigenvalue weighted by Crippen LogP contribution is -2.57. The summed E-state index contributed by atoms with van der Waals surface area (Å²) in [6.07, 6.45) is -0.972. The number of halogens is 1. The number of fused-ring (bicyclic) bond motifs is 2. The van der Waals surface area contributed by atoms with Gasteiger partial charge in [0.05, 0.1) is 18.8 Å². The first-order valence-electron chi connectivity index (χ1n) is 8.92. The molecule has 0 aromatic carbocycles. The number of amides is 2. The Morgan fingerprint density at radius 3 is 2.89 bits per heavy atom. The summed E-state index contributed by atoms with van der Waals surface area (Å²) in [7, 11) is 0. The number of nitrogens with zero attached hydrogens (tertiary/aromatic N) is 4. The molecule has 3 aliphatic rings. The fourth-order valence-corrected chi connectivity index (χ4v) is 3.98. The van der Waals surface area contributed by atoms with Crippen molar-refractivity contribution in [2.45, 2.75) is 19.1 Å². The highest BCUT2D eigenvalue weighted by molar-refractivity contribution is 6.30. The van der Waals surface area contributed by atoms with E-state index < -0.39 is 6.09 Å². The fraction of sp³-hybridized carbons (Fsp3) is 0.588. The van der Waals surface area contributed by atoms with Crippen LogP contribution in [0, 0.1) is 0 Å². The first-order valence-corrected chi connectivity index (χ1v) is 9.30. The van der Waals surface area contributed by atoms with Crippen LogP contribution in [0.1, 0.15) is 17.3 Å². The van der Waals surface area contributed by atoms with Crippen molar-refractivity contribution < 1.29 is 24.2 Å². The molecule has 146 valence electrons. The number of piperazine rings is 1. The van der Waals surface area contributed by atoms with Gasteiger partial charge in [0, 0.05) is 38.8 Å². The normalized spacial score (nSPS) is 25.4. The summed E-state index contributed by atoms with van der Waals surface area (Å²) in [4.78, 5) is 34.0. The number of hydrogen-bond acceptors (Lipinski definition) is 6. The molecule has 2 atom stereocenters. The van der Waals surface area contributed by atoms with Crippen molar-refractivity contribution in [2.24, 2.45) is 0 Å². The van der Waals surface area contributed by atoms with E-state index in [2.05, 4.69) is 4.98 Å². The van der Waals surface area contributed by atoms with Gasteiger partial charge < -0.3 is 29.3 Å². The average molecular weight is 397 g/mol. The van der Waals surface area contributed by atoms with Crippen molar-refractivity contribution in [3.63, 3.8) is 0 Å². The maximum absolute atomic E-state index is 13.3. The van der Waals surface area contributed by atoms with Crippen molar-refractivity contribution in [2.75, 3.05) is 50.8 Å². The molecule has 1 N–H and O–H groups in total. The van der Waals surface area contributed by atoms with Crippen molar-refractivity contribution in [1.82, 2.24) is 14.8 Å². The Bertz CT molecular complexity index is 776. The van der Waals surface area contributed by atoms with E-state index in [-0.39, 0.29) is 42.9 Å². The van der Waals surface area contributed by atoms with Gasteiger partial charge >= 0.3 is 6.09 Å². The molecule has 3 aliphatic heterocycles. The van der Waals surface area contributed by atoms with Crippen LogP contribution in [0.3, 0.4) is 0 Å². The second kappa shape index (κ2) is 7.05. The molecule has 4 rings (SSSR count). The van der Waals surface area contributed by atoms with Gasteiger partial charge in [-0.1, -0.05) is 11.6 Å². The first-order chi connectivity index (χ1) is 12.9. The number of carbonyl (C=O) groups excluding carboxylic acids is 1. The van der Waals surface area contributed by atoms with Gasteiger partial charge in [0.1, 0.15) is 28.9 Å². The van der Waals surface area contributed by atoms with Crippen LogP contribution in [0.25, 0.3) is 0 Å². The van der Waals surface area contributed by atoms with E-state index in [1.54, 1.807) is 11.0 Å². The van der Waals surface area contributed by atoms with Gasteiger partial charge in [0.2, 0.25) is 0 Å². The summed E-state index contributed by atoms with van der Waals surface area (Å²) in [6.45, 7) is 4.74. The molecule has 2 saturated heterocycles. The van der Waals surface area contributed by atoms with E-state index in [0.29, 0.717) is 43.4 Å². The second-order valence-electron chi connectivity index (χ2n) is 6.96. The summed E-state index contributed by atoms with van der Waals surface area (Å²) in [5, 5.41) is 9.50. The van der Waals surface area contributed by atoms with E-state index in [4.69, 9.17) is 21.1 Å². The molecule has 0 aliphatic carbocycles. The van der Waals surface area contributed by atoms with Gasteiger partial charge in [-0.2, -0.15) is 0 Å². The quantitative estimate of drug-likeness (QED) is 0.711. The fourth-order valence-electron chi connectivity index (χ4n) is 3.80. The summed E-state index contributed by atoms with van der Waals surface area (Å²) in [5.74, 6) is 0.695. The molecule has 2 amide bonds. The Morgan fingerprint density at radius 2 is 2.15 bits per heavy atom. The number of morpholine rings is 1. The van der Waals surface area contributed by atoms with Crippen molar-refractivity contribution in [1.29, 1.82) is 0 Å². The molecule has 10 heteroatoms. The maximum atomic E-state index is 13.3. The zero-order valence-corrected chi connectivity index (χ0v) is 15.7. The molecular formula is C17H21ClN4O5. The lowest BCUT2D eigenvalue weighted by Gasteiger charge is -2.39. The lowest BCUT2D eigenvalue weighted by molar-refractivity contribution is 0.0388. The minimum Gasteiger partial charge on any atom is -0.490 e. The highest BCUT2D eigenvalue weighted by atomic mass is 35.5. The van der Waals surface area contributed by atoms with Crippen molar-refractivity contribution in [3.8, 4) is 5.75 Å². The highest BCUT2D eigenvalue weighted by Gasteiger charge is 2.39. The molecule has 1 aromatic heterocycles. The average Bonchev–Trinajstić information content (AvgIpc) is 2.78. The second-order valence-corrected chi connectivity index (χ2v) is 7.35. The van der Waals surface area contributed by atoms with Gasteiger partial charge in [-0.15, -0.1) is 0 Å². The molecular weight excluding hydrogens is 376 g/mol. The van der Waals surface area contributed by atoms with Crippen LogP contribution < -0.4 is 9.64 Å². The molecule has 27 heavy (non-hydrogen) atoms. The van der Waals surface area contributed by atoms with Crippen LogP contribution in [-0.2, 0) is 4.74 Å². The molecule has 2 fully saturated rings. The van der Waals surface area contributed by atoms with Crippen molar-refractivity contribution in [3.05, 3.63) is 16.8 Å². The Hall–Kier alpha value is -2.26. The number of carbonyl (C=O) groups is 2. The van der Waals surface area contributed by atoms with Crippen LogP contribution in [-0.4, -0.2) is 90.0 Å². The molecule has 0 saturated carbocycles. The molecule has 0 unspecified atom stereocenters. The van der Waals surface area contributed by atoms with Crippen LogP contribution in [0.15, 0.2) is 6.07 Å². The van der Waals surface area contributed by atoms with Gasteiger partial charge in [-0.05, 0) is 6.92 Å². The van der Waals surface area contributed by atoms with Gasteiger partial charge in [0.25, 0.3) is 5.91 Å². The third kappa shape index (κ3) is 3.37.